The van der Waals surface area contributed by atoms with Crippen molar-refractivity contribution in [3.8, 4) is 10.4 Å². The van der Waals surface area contributed by atoms with E-state index in [0.29, 0.717) is 12.1 Å². The smallest absolute Gasteiger partial charge is 0.271 e. The van der Waals surface area contributed by atoms with Gasteiger partial charge in [0.25, 0.3) is 11.8 Å². The van der Waals surface area contributed by atoms with E-state index in [2.05, 4.69) is 24.4 Å². The van der Waals surface area contributed by atoms with Gasteiger partial charge in [-0.05, 0) is 53.6 Å². The summed E-state index contributed by atoms with van der Waals surface area (Å²) >= 11 is 1.68. The number of carbonyl (C=O) groups is 2. The van der Waals surface area contributed by atoms with Crippen molar-refractivity contribution in [1.29, 1.82) is 0 Å². The molecule has 2 amide bonds. The number of rotatable bonds is 4. The number of nitrogens with zero attached hydrogens (tertiary/aromatic N) is 2. The zero-order chi connectivity index (χ0) is 22.2. The highest BCUT2D eigenvalue weighted by Gasteiger charge is 2.48. The minimum absolute atomic E-state index is 0.0884. The summed E-state index contributed by atoms with van der Waals surface area (Å²) in [7, 11) is 3.42. The SMILES string of the molecule is Cc1ccsc1-c1ccccc1/C=C1/C(=O)N(C)C(C)(Cc2ccccc2)C(=O)N1C. The second-order valence-corrected chi connectivity index (χ2v) is 9.13. The minimum Gasteiger partial charge on any atom is -0.326 e. The number of benzene rings is 2. The van der Waals surface area contributed by atoms with E-state index in [4.69, 9.17) is 0 Å². The van der Waals surface area contributed by atoms with Crippen LogP contribution in [0, 0.1) is 6.92 Å². The molecule has 1 aliphatic heterocycles. The van der Waals surface area contributed by atoms with Crippen LogP contribution in [-0.4, -0.2) is 41.2 Å². The summed E-state index contributed by atoms with van der Waals surface area (Å²) in [6.07, 6.45) is 2.31. The monoisotopic (exact) mass is 430 g/mol. The third-order valence-corrected chi connectivity index (χ3v) is 7.19. The van der Waals surface area contributed by atoms with Crippen LogP contribution in [-0.2, 0) is 16.0 Å². The summed E-state index contributed by atoms with van der Waals surface area (Å²) in [4.78, 5) is 31.2. The Kier molecular flexibility index (Phi) is 5.54. The van der Waals surface area contributed by atoms with Crippen molar-refractivity contribution in [2.75, 3.05) is 14.1 Å². The van der Waals surface area contributed by atoms with Crippen molar-refractivity contribution >= 4 is 29.2 Å². The van der Waals surface area contributed by atoms with Gasteiger partial charge in [0, 0.05) is 25.4 Å². The van der Waals surface area contributed by atoms with Crippen molar-refractivity contribution in [2.45, 2.75) is 25.8 Å². The molecule has 4 nitrogen and oxygen atoms in total. The molecule has 0 spiro atoms. The topological polar surface area (TPSA) is 40.6 Å². The average molecular weight is 431 g/mol. The van der Waals surface area contributed by atoms with Gasteiger partial charge in [0.15, 0.2) is 0 Å². The average Bonchev–Trinajstić information content (AvgIpc) is 3.21. The normalized spacial score (nSPS) is 20.6. The Labute approximate surface area is 187 Å². The van der Waals surface area contributed by atoms with E-state index in [0.717, 1.165) is 16.7 Å². The van der Waals surface area contributed by atoms with Crippen LogP contribution in [0.5, 0.6) is 0 Å². The first-order valence-electron chi connectivity index (χ1n) is 10.3. The molecule has 4 rings (SSSR count). The molecule has 1 unspecified atom stereocenters. The maximum Gasteiger partial charge on any atom is 0.271 e. The summed E-state index contributed by atoms with van der Waals surface area (Å²) in [5.74, 6) is -0.243. The second-order valence-electron chi connectivity index (χ2n) is 8.21. The second kappa shape index (κ2) is 8.16. The Balaban J connectivity index is 1.73. The lowest BCUT2D eigenvalue weighted by Crippen LogP contribution is -2.64. The highest BCUT2D eigenvalue weighted by atomic mass is 32.1. The first kappa shape index (κ1) is 21.1. The van der Waals surface area contributed by atoms with Crippen molar-refractivity contribution < 1.29 is 9.59 Å². The van der Waals surface area contributed by atoms with Crippen LogP contribution < -0.4 is 0 Å². The number of hydrogen-bond acceptors (Lipinski definition) is 3. The number of hydrogen-bond donors (Lipinski definition) is 0. The Hall–Kier alpha value is -3.18. The fraction of sp³-hybridized carbons (Fsp3) is 0.231. The highest BCUT2D eigenvalue weighted by Crippen LogP contribution is 2.35. The first-order valence-corrected chi connectivity index (χ1v) is 11.2. The fourth-order valence-electron chi connectivity index (χ4n) is 4.13. The van der Waals surface area contributed by atoms with E-state index < -0.39 is 5.54 Å². The summed E-state index contributed by atoms with van der Waals surface area (Å²) in [5, 5.41) is 2.07. The number of thiophene rings is 1. The molecule has 31 heavy (non-hydrogen) atoms. The molecule has 1 aromatic heterocycles. The van der Waals surface area contributed by atoms with Gasteiger partial charge in [-0.25, -0.2) is 0 Å². The maximum atomic E-state index is 13.5. The molecule has 0 aliphatic carbocycles. The van der Waals surface area contributed by atoms with E-state index in [1.54, 1.807) is 30.3 Å². The van der Waals surface area contributed by atoms with Gasteiger partial charge < -0.3 is 9.80 Å². The van der Waals surface area contributed by atoms with Gasteiger partial charge >= 0.3 is 0 Å². The standard InChI is InChI=1S/C26H26N2O2S/c1-18-14-15-31-23(18)21-13-9-8-12-20(21)16-22-24(29)28(4)26(2,25(30)27(22)3)17-19-10-6-5-7-11-19/h5-16H,17H2,1-4H3/b22-16-. The number of piperazine rings is 1. The molecule has 0 N–H and O–H groups in total. The molecular weight excluding hydrogens is 404 g/mol. The summed E-state index contributed by atoms with van der Waals surface area (Å²) in [6, 6.07) is 19.9. The first-order chi connectivity index (χ1) is 14.8. The van der Waals surface area contributed by atoms with Gasteiger partial charge in [0.05, 0.1) is 0 Å². The lowest BCUT2D eigenvalue weighted by atomic mass is 9.87. The Morgan fingerprint density at radius 1 is 0.968 bits per heavy atom. The molecule has 1 fully saturated rings. The van der Waals surface area contributed by atoms with Crippen LogP contribution in [0.1, 0.15) is 23.6 Å². The van der Waals surface area contributed by atoms with E-state index in [1.807, 2.05) is 61.5 Å². The minimum atomic E-state index is -0.936. The van der Waals surface area contributed by atoms with Crippen molar-refractivity contribution in [3.63, 3.8) is 0 Å². The molecule has 0 saturated carbocycles. The summed E-state index contributed by atoms with van der Waals surface area (Å²) < 4.78 is 0. The van der Waals surface area contributed by atoms with Gasteiger partial charge in [-0.2, -0.15) is 0 Å². The van der Waals surface area contributed by atoms with Crippen LogP contribution in [0.2, 0.25) is 0 Å². The number of likely N-dealkylation sites (N-methyl/N-ethyl adjacent to an activating group) is 2. The quantitative estimate of drug-likeness (QED) is 0.547. The van der Waals surface area contributed by atoms with Crippen LogP contribution in [0.4, 0.5) is 0 Å². The third kappa shape index (κ3) is 3.70. The number of aryl methyl sites for hydroxylation is 1. The van der Waals surface area contributed by atoms with Crippen molar-refractivity contribution in [2.24, 2.45) is 0 Å². The summed E-state index contributed by atoms with van der Waals surface area (Å²) in [5.41, 5.74) is 3.67. The molecule has 0 radical (unpaired) electrons. The van der Waals surface area contributed by atoms with Gasteiger partial charge in [-0.15, -0.1) is 11.3 Å². The molecule has 3 aromatic rings. The Bertz CT molecular complexity index is 1160. The molecular formula is C26H26N2O2S. The molecule has 158 valence electrons. The number of amides is 2. The van der Waals surface area contributed by atoms with Gasteiger partial charge in [0.1, 0.15) is 11.2 Å². The molecule has 0 bridgehead atoms. The zero-order valence-corrected chi connectivity index (χ0v) is 19.1. The lowest BCUT2D eigenvalue weighted by molar-refractivity contribution is -0.155. The van der Waals surface area contributed by atoms with Crippen molar-refractivity contribution in [1.82, 2.24) is 9.80 Å². The van der Waals surface area contributed by atoms with E-state index in [-0.39, 0.29) is 11.8 Å². The third-order valence-electron chi connectivity index (χ3n) is 6.14. The van der Waals surface area contributed by atoms with Crippen LogP contribution in [0.3, 0.4) is 0 Å². The number of carbonyl (C=O) groups excluding carboxylic acids is 2. The van der Waals surface area contributed by atoms with Gasteiger partial charge in [-0.1, -0.05) is 54.6 Å². The Morgan fingerprint density at radius 2 is 1.65 bits per heavy atom. The predicted octanol–water partition coefficient (Wildman–Crippen LogP) is 5.00. The molecule has 2 heterocycles. The van der Waals surface area contributed by atoms with Crippen LogP contribution in [0.15, 0.2) is 71.7 Å². The van der Waals surface area contributed by atoms with Crippen LogP contribution >= 0.6 is 11.3 Å². The van der Waals surface area contributed by atoms with E-state index in [1.165, 1.54) is 15.3 Å². The fourth-order valence-corrected chi connectivity index (χ4v) is 5.10. The summed E-state index contributed by atoms with van der Waals surface area (Å²) in [6.45, 7) is 3.93. The largest absolute Gasteiger partial charge is 0.326 e. The van der Waals surface area contributed by atoms with Crippen LogP contribution in [0.25, 0.3) is 16.5 Å². The van der Waals surface area contributed by atoms with E-state index >= 15 is 0 Å². The van der Waals surface area contributed by atoms with E-state index in [9.17, 15) is 9.59 Å². The van der Waals surface area contributed by atoms with Gasteiger partial charge in [-0.3, -0.25) is 9.59 Å². The van der Waals surface area contributed by atoms with Crippen molar-refractivity contribution in [3.05, 3.63) is 88.4 Å². The highest BCUT2D eigenvalue weighted by molar-refractivity contribution is 7.13. The zero-order valence-electron chi connectivity index (χ0n) is 18.3. The van der Waals surface area contributed by atoms with Gasteiger partial charge in [0.2, 0.25) is 0 Å². The Morgan fingerprint density at radius 3 is 2.32 bits per heavy atom. The molecule has 1 aliphatic rings. The molecule has 1 saturated heterocycles. The molecule has 1 atom stereocenters. The predicted molar refractivity (Wildman–Crippen MR) is 127 cm³/mol. The maximum absolute atomic E-state index is 13.5. The molecule has 5 heteroatoms. The molecule has 2 aromatic carbocycles. The lowest BCUT2D eigenvalue weighted by Gasteiger charge is -2.45.